The lowest BCUT2D eigenvalue weighted by molar-refractivity contribution is 0.102. The molecule has 3 heterocycles. The van der Waals surface area contributed by atoms with Crippen molar-refractivity contribution in [2.75, 3.05) is 5.32 Å². The van der Waals surface area contributed by atoms with Crippen LogP contribution in [0.1, 0.15) is 33.0 Å². The van der Waals surface area contributed by atoms with Gasteiger partial charge in [0.05, 0.1) is 41.8 Å². The Morgan fingerprint density at radius 3 is 2.70 bits per heavy atom. The summed E-state index contributed by atoms with van der Waals surface area (Å²) < 4.78 is 3.56. The highest BCUT2D eigenvalue weighted by Gasteiger charge is 2.18. The summed E-state index contributed by atoms with van der Waals surface area (Å²) in [4.78, 5) is 14.4. The Balaban J connectivity index is 1.59. The maximum absolute atomic E-state index is 12.9. The van der Waals surface area contributed by atoms with Gasteiger partial charge in [-0.1, -0.05) is 23.7 Å². The van der Waals surface area contributed by atoms with Gasteiger partial charge < -0.3 is 5.32 Å². The van der Waals surface area contributed by atoms with Crippen molar-refractivity contribution in [2.24, 2.45) is 0 Å². The maximum Gasteiger partial charge on any atom is 0.266 e. The number of benzene rings is 1. The van der Waals surface area contributed by atoms with Crippen LogP contribution in [-0.2, 0) is 13.1 Å². The number of thiophene rings is 1. The molecule has 1 amide bonds. The third kappa shape index (κ3) is 4.08. The van der Waals surface area contributed by atoms with E-state index in [1.807, 2.05) is 48.9 Å². The smallest absolute Gasteiger partial charge is 0.266 e. The predicted molar refractivity (Wildman–Crippen MR) is 118 cm³/mol. The molecule has 0 aliphatic carbocycles. The van der Waals surface area contributed by atoms with Crippen molar-refractivity contribution < 1.29 is 4.79 Å². The van der Waals surface area contributed by atoms with Crippen LogP contribution >= 0.6 is 22.9 Å². The summed E-state index contributed by atoms with van der Waals surface area (Å²) in [5, 5.41) is 22.4. The van der Waals surface area contributed by atoms with Crippen molar-refractivity contribution in [1.82, 2.24) is 19.6 Å². The molecule has 0 aliphatic heterocycles. The van der Waals surface area contributed by atoms with E-state index in [1.54, 1.807) is 10.7 Å². The fourth-order valence-electron chi connectivity index (χ4n) is 3.24. The molecule has 3 aromatic heterocycles. The molecule has 4 aromatic rings. The molecule has 0 fully saturated rings. The molecule has 0 saturated heterocycles. The van der Waals surface area contributed by atoms with Gasteiger partial charge in [0.2, 0.25) is 0 Å². The van der Waals surface area contributed by atoms with Gasteiger partial charge in [0, 0.05) is 16.5 Å². The van der Waals surface area contributed by atoms with Crippen molar-refractivity contribution in [1.29, 1.82) is 5.26 Å². The van der Waals surface area contributed by atoms with Crippen LogP contribution in [0.5, 0.6) is 0 Å². The lowest BCUT2D eigenvalue weighted by atomic mass is 10.2. The van der Waals surface area contributed by atoms with Gasteiger partial charge in [-0.15, -0.1) is 11.3 Å². The summed E-state index contributed by atoms with van der Waals surface area (Å²) >= 11 is 7.38. The summed E-state index contributed by atoms with van der Waals surface area (Å²) in [5.74, 6) is 0.386. The third-order valence-corrected chi connectivity index (χ3v) is 6.06. The number of aromatic nitrogens is 4. The Kier molecular flexibility index (Phi) is 5.57. The largest absolute Gasteiger partial charge is 0.306 e. The first kappa shape index (κ1) is 20.1. The lowest BCUT2D eigenvalue weighted by Crippen LogP contribution is -2.14. The molecule has 0 spiro atoms. The minimum absolute atomic E-state index is 0.202. The van der Waals surface area contributed by atoms with E-state index >= 15 is 0 Å². The molecule has 1 aromatic carbocycles. The van der Waals surface area contributed by atoms with Gasteiger partial charge in [-0.2, -0.15) is 15.5 Å². The van der Waals surface area contributed by atoms with Crippen LogP contribution in [0.15, 0.2) is 36.4 Å². The Labute approximate surface area is 182 Å². The molecule has 7 nitrogen and oxygen atoms in total. The summed E-state index contributed by atoms with van der Waals surface area (Å²) in [5.41, 5.74) is 2.75. The average Bonchev–Trinajstić information content (AvgIpc) is 3.38. The van der Waals surface area contributed by atoms with Crippen LogP contribution in [0.2, 0.25) is 5.02 Å². The molecule has 1 N–H and O–H groups in total. The van der Waals surface area contributed by atoms with Gasteiger partial charge in [-0.25, -0.2) is 4.68 Å². The summed E-state index contributed by atoms with van der Waals surface area (Å²) in [7, 11) is 0. The van der Waals surface area contributed by atoms with E-state index in [0.717, 1.165) is 27.2 Å². The SMILES string of the molecule is Cc1cc(NC(=O)c2cc3c(C)nn(Cc4ccc(Cl)cc4)c3s2)n(CCC#N)n1. The number of anilines is 1. The second-order valence-corrected chi connectivity index (χ2v) is 8.42. The van der Waals surface area contributed by atoms with Gasteiger partial charge in [-0.05, 0) is 37.6 Å². The molecule has 0 unspecified atom stereocenters. The number of fused-ring (bicyclic) bond motifs is 1. The number of nitrogens with zero attached hydrogens (tertiary/aromatic N) is 5. The number of aryl methyl sites for hydroxylation is 3. The molecule has 0 saturated carbocycles. The highest BCUT2D eigenvalue weighted by molar-refractivity contribution is 7.20. The van der Waals surface area contributed by atoms with E-state index in [2.05, 4.69) is 21.6 Å². The fraction of sp³-hybridized carbons (Fsp3) is 0.238. The second kappa shape index (κ2) is 8.30. The molecule has 0 bridgehead atoms. The number of nitrogens with one attached hydrogen (secondary N) is 1. The Morgan fingerprint density at radius 2 is 1.97 bits per heavy atom. The van der Waals surface area contributed by atoms with E-state index in [-0.39, 0.29) is 5.91 Å². The summed E-state index contributed by atoms with van der Waals surface area (Å²) in [6.45, 7) is 4.83. The zero-order chi connectivity index (χ0) is 21.3. The van der Waals surface area contributed by atoms with Crippen molar-refractivity contribution >= 4 is 44.9 Å². The Hall–Kier alpha value is -3.15. The van der Waals surface area contributed by atoms with Gasteiger partial charge in [0.25, 0.3) is 5.91 Å². The molecular formula is C21H19ClN6OS. The number of carbonyl (C=O) groups is 1. The van der Waals surface area contributed by atoms with Crippen molar-refractivity contribution in [3.63, 3.8) is 0 Å². The van der Waals surface area contributed by atoms with Crippen LogP contribution in [0, 0.1) is 25.2 Å². The number of halogens is 1. The zero-order valence-electron chi connectivity index (χ0n) is 16.5. The second-order valence-electron chi connectivity index (χ2n) is 6.96. The van der Waals surface area contributed by atoms with E-state index in [1.165, 1.54) is 11.3 Å². The van der Waals surface area contributed by atoms with E-state index < -0.39 is 0 Å². The molecule has 152 valence electrons. The van der Waals surface area contributed by atoms with Crippen LogP contribution in [0.4, 0.5) is 5.82 Å². The number of hydrogen-bond acceptors (Lipinski definition) is 5. The van der Waals surface area contributed by atoms with Crippen molar-refractivity contribution in [3.05, 3.63) is 63.2 Å². The lowest BCUT2D eigenvalue weighted by Gasteiger charge is -2.06. The zero-order valence-corrected chi connectivity index (χ0v) is 18.1. The molecular weight excluding hydrogens is 420 g/mol. The van der Waals surface area contributed by atoms with Crippen molar-refractivity contribution in [3.8, 4) is 6.07 Å². The van der Waals surface area contributed by atoms with Crippen LogP contribution < -0.4 is 5.32 Å². The average molecular weight is 439 g/mol. The standard InChI is InChI=1S/C21H19ClN6OS/c1-13-10-19(27(25-13)9-3-8-23)24-20(29)18-11-17-14(2)26-28(21(17)30-18)12-15-4-6-16(22)7-5-15/h4-7,10-11H,3,9,12H2,1-2H3,(H,24,29). The van der Waals surface area contributed by atoms with Gasteiger partial charge in [0.1, 0.15) is 10.6 Å². The molecule has 0 atom stereocenters. The molecule has 4 rings (SSSR count). The molecule has 0 aliphatic rings. The molecule has 30 heavy (non-hydrogen) atoms. The minimum atomic E-state index is -0.202. The van der Waals surface area contributed by atoms with E-state index in [4.69, 9.17) is 16.9 Å². The highest BCUT2D eigenvalue weighted by atomic mass is 35.5. The topological polar surface area (TPSA) is 88.5 Å². The normalized spacial score (nSPS) is 11.0. The number of nitriles is 1. The van der Waals surface area contributed by atoms with Gasteiger partial charge in [0.15, 0.2) is 0 Å². The third-order valence-electron chi connectivity index (χ3n) is 4.66. The first-order valence-corrected chi connectivity index (χ1v) is 10.6. The maximum atomic E-state index is 12.9. The molecule has 9 heteroatoms. The molecule has 0 radical (unpaired) electrons. The number of rotatable bonds is 6. The summed E-state index contributed by atoms with van der Waals surface area (Å²) in [6.07, 6.45) is 0.326. The monoisotopic (exact) mass is 438 g/mol. The van der Waals surface area contributed by atoms with Crippen molar-refractivity contribution in [2.45, 2.75) is 33.4 Å². The van der Waals surface area contributed by atoms with Gasteiger partial charge in [-0.3, -0.25) is 9.48 Å². The van der Waals surface area contributed by atoms with Gasteiger partial charge >= 0.3 is 0 Å². The fourth-order valence-corrected chi connectivity index (χ4v) is 4.43. The quantitative estimate of drug-likeness (QED) is 0.469. The first-order chi connectivity index (χ1) is 14.4. The van der Waals surface area contributed by atoms with E-state index in [0.29, 0.717) is 35.2 Å². The van der Waals surface area contributed by atoms with E-state index in [9.17, 15) is 4.79 Å². The predicted octanol–water partition coefficient (Wildman–Crippen LogP) is 4.78. The highest BCUT2D eigenvalue weighted by Crippen LogP contribution is 2.29. The first-order valence-electron chi connectivity index (χ1n) is 9.39. The Morgan fingerprint density at radius 1 is 1.20 bits per heavy atom. The number of amides is 1. The number of hydrogen-bond donors (Lipinski definition) is 1. The van der Waals surface area contributed by atoms with Crippen LogP contribution in [0.25, 0.3) is 10.2 Å². The van der Waals surface area contributed by atoms with Crippen LogP contribution in [0.3, 0.4) is 0 Å². The Bertz CT molecular complexity index is 1260. The van der Waals surface area contributed by atoms with Crippen LogP contribution in [-0.4, -0.2) is 25.5 Å². The summed E-state index contributed by atoms with van der Waals surface area (Å²) in [6, 6.07) is 13.4. The minimum Gasteiger partial charge on any atom is -0.306 e. The number of carbonyl (C=O) groups excluding carboxylic acids is 1.